The highest BCUT2D eigenvalue weighted by Gasteiger charge is 2.14. The molecule has 2 unspecified atom stereocenters. The molecule has 84 valence electrons. The van der Waals surface area contributed by atoms with Crippen molar-refractivity contribution in [2.75, 3.05) is 12.8 Å². The molecule has 0 radical (unpaired) electrons. The van der Waals surface area contributed by atoms with Crippen molar-refractivity contribution in [2.24, 2.45) is 0 Å². The number of methoxy groups -OCH3 is 1. The minimum atomic E-state index is -0.445. The molecular weight excluding hydrogens is 216 g/mol. The number of hydrogen-bond acceptors (Lipinski definition) is 7. The number of nitrogen functional groups attached to an aromatic ring is 1. The van der Waals surface area contributed by atoms with Gasteiger partial charge >= 0.3 is 6.01 Å². The van der Waals surface area contributed by atoms with Crippen molar-refractivity contribution in [3.63, 3.8) is 0 Å². The van der Waals surface area contributed by atoms with Crippen LogP contribution in [0.25, 0.3) is 0 Å². The molecule has 0 aromatic carbocycles. The first kappa shape index (κ1) is 12.0. The first-order valence-corrected chi connectivity index (χ1v) is 5.31. The zero-order chi connectivity index (χ0) is 11.4. The fraction of sp³-hybridized carbons (Fsp3) is 0.625. The van der Waals surface area contributed by atoms with Crippen LogP contribution in [0, 0.1) is 0 Å². The Balaban J connectivity index is 2.80. The van der Waals surface area contributed by atoms with Gasteiger partial charge in [-0.3, -0.25) is 0 Å². The molecule has 0 aliphatic heterocycles. The number of thioether (sulfide) groups is 1. The summed E-state index contributed by atoms with van der Waals surface area (Å²) in [5, 5.41) is 9.76. The molecule has 0 bridgehead atoms. The van der Waals surface area contributed by atoms with Crippen LogP contribution in [-0.4, -0.2) is 38.5 Å². The maximum absolute atomic E-state index is 9.32. The number of ether oxygens (including phenoxy) is 1. The second-order valence-electron chi connectivity index (χ2n) is 3.03. The van der Waals surface area contributed by atoms with Crippen LogP contribution in [0.1, 0.15) is 13.8 Å². The van der Waals surface area contributed by atoms with Crippen LogP contribution in [0.2, 0.25) is 0 Å². The molecule has 1 heterocycles. The van der Waals surface area contributed by atoms with Crippen molar-refractivity contribution < 1.29 is 9.84 Å². The van der Waals surface area contributed by atoms with Crippen molar-refractivity contribution in [3.8, 4) is 6.01 Å². The van der Waals surface area contributed by atoms with Gasteiger partial charge in [0.25, 0.3) is 0 Å². The van der Waals surface area contributed by atoms with Gasteiger partial charge in [-0.05, 0) is 6.92 Å². The van der Waals surface area contributed by atoms with E-state index >= 15 is 0 Å². The van der Waals surface area contributed by atoms with Crippen LogP contribution in [-0.2, 0) is 0 Å². The van der Waals surface area contributed by atoms with Crippen LogP contribution < -0.4 is 10.5 Å². The average molecular weight is 230 g/mol. The lowest BCUT2D eigenvalue weighted by molar-refractivity contribution is 0.196. The normalized spacial score (nSPS) is 14.7. The predicted molar refractivity (Wildman–Crippen MR) is 57.8 cm³/mol. The molecule has 2 atom stereocenters. The van der Waals surface area contributed by atoms with E-state index in [4.69, 9.17) is 10.5 Å². The van der Waals surface area contributed by atoms with Gasteiger partial charge in [-0.1, -0.05) is 18.7 Å². The minimum Gasteiger partial charge on any atom is -0.467 e. The monoisotopic (exact) mass is 230 g/mol. The number of nitrogens with two attached hydrogens (primary N) is 1. The number of rotatable bonds is 4. The van der Waals surface area contributed by atoms with Crippen molar-refractivity contribution in [3.05, 3.63) is 0 Å². The molecule has 1 rings (SSSR count). The number of hydrogen-bond donors (Lipinski definition) is 2. The maximum Gasteiger partial charge on any atom is 0.321 e. The van der Waals surface area contributed by atoms with Crippen molar-refractivity contribution in [1.82, 2.24) is 15.0 Å². The van der Waals surface area contributed by atoms with Gasteiger partial charge in [0.2, 0.25) is 5.95 Å². The number of aliphatic hydroxyl groups is 1. The molecule has 0 saturated heterocycles. The summed E-state index contributed by atoms with van der Waals surface area (Å²) in [7, 11) is 1.46. The van der Waals surface area contributed by atoms with E-state index in [1.807, 2.05) is 6.92 Å². The largest absolute Gasteiger partial charge is 0.467 e. The van der Waals surface area contributed by atoms with Crippen LogP contribution in [0.15, 0.2) is 5.16 Å². The number of aliphatic hydroxyl groups excluding tert-OH is 1. The first-order valence-electron chi connectivity index (χ1n) is 4.43. The first-order chi connectivity index (χ1) is 7.02. The molecule has 1 aromatic rings. The Morgan fingerprint density at radius 1 is 1.33 bits per heavy atom. The summed E-state index contributed by atoms with van der Waals surface area (Å²) >= 11 is 1.32. The Morgan fingerprint density at radius 2 is 2.00 bits per heavy atom. The van der Waals surface area contributed by atoms with Gasteiger partial charge in [-0.15, -0.1) is 0 Å². The van der Waals surface area contributed by atoms with E-state index in [0.717, 1.165) is 0 Å². The molecule has 0 aliphatic rings. The van der Waals surface area contributed by atoms with Gasteiger partial charge < -0.3 is 15.6 Å². The maximum atomic E-state index is 9.32. The van der Waals surface area contributed by atoms with E-state index in [0.29, 0.717) is 5.16 Å². The van der Waals surface area contributed by atoms with Gasteiger partial charge in [-0.2, -0.15) is 15.0 Å². The summed E-state index contributed by atoms with van der Waals surface area (Å²) in [6.45, 7) is 3.58. The molecular formula is C8H14N4O2S. The van der Waals surface area contributed by atoms with Gasteiger partial charge in [0.1, 0.15) is 0 Å². The number of anilines is 1. The molecule has 7 heteroatoms. The summed E-state index contributed by atoms with van der Waals surface area (Å²) in [5.41, 5.74) is 5.47. The topological polar surface area (TPSA) is 94.2 Å². The van der Waals surface area contributed by atoms with Gasteiger partial charge in [-0.25, -0.2) is 0 Å². The van der Waals surface area contributed by atoms with Crippen molar-refractivity contribution in [2.45, 2.75) is 30.4 Å². The second-order valence-corrected chi connectivity index (χ2v) is 4.37. The average Bonchev–Trinajstić information content (AvgIpc) is 2.16. The van der Waals surface area contributed by atoms with E-state index in [1.54, 1.807) is 6.92 Å². The number of nitrogens with zero attached hydrogens (tertiary/aromatic N) is 3. The van der Waals surface area contributed by atoms with E-state index < -0.39 is 6.10 Å². The van der Waals surface area contributed by atoms with Gasteiger partial charge in [0.15, 0.2) is 5.16 Å². The Bertz CT molecular complexity index is 334. The highest BCUT2D eigenvalue weighted by Crippen LogP contribution is 2.23. The van der Waals surface area contributed by atoms with Crippen LogP contribution in [0.5, 0.6) is 6.01 Å². The SMILES string of the molecule is COc1nc(N)nc(SC(C)C(C)O)n1. The standard InChI is InChI=1S/C8H14N4O2S/c1-4(13)5(2)15-8-11-6(9)10-7(12-8)14-3/h4-5,13H,1-3H3,(H2,9,10,11,12). The molecule has 3 N–H and O–H groups in total. The zero-order valence-electron chi connectivity index (χ0n) is 8.84. The Labute approximate surface area is 92.3 Å². The molecule has 1 aromatic heterocycles. The molecule has 15 heavy (non-hydrogen) atoms. The van der Waals surface area contributed by atoms with Crippen LogP contribution >= 0.6 is 11.8 Å². The van der Waals surface area contributed by atoms with E-state index in [2.05, 4.69) is 15.0 Å². The summed E-state index contributed by atoms with van der Waals surface area (Å²) in [6.07, 6.45) is -0.445. The smallest absolute Gasteiger partial charge is 0.321 e. The Morgan fingerprint density at radius 3 is 2.53 bits per heavy atom. The summed E-state index contributed by atoms with van der Waals surface area (Å²) in [4.78, 5) is 11.7. The predicted octanol–water partition coefficient (Wildman–Crippen LogP) is 0.324. The fourth-order valence-corrected chi connectivity index (χ4v) is 1.57. The lowest BCUT2D eigenvalue weighted by Gasteiger charge is -2.12. The summed E-state index contributed by atoms with van der Waals surface area (Å²) in [5.74, 6) is 0.113. The Kier molecular flexibility index (Phi) is 4.10. The third-order valence-corrected chi connectivity index (χ3v) is 2.92. The Hall–Kier alpha value is -1.08. The second kappa shape index (κ2) is 5.13. The van der Waals surface area contributed by atoms with E-state index in [-0.39, 0.29) is 17.2 Å². The third kappa shape index (κ3) is 3.52. The lowest BCUT2D eigenvalue weighted by Crippen LogP contribution is -2.16. The number of aromatic nitrogens is 3. The van der Waals surface area contributed by atoms with Crippen molar-refractivity contribution in [1.29, 1.82) is 0 Å². The molecule has 0 aliphatic carbocycles. The van der Waals surface area contributed by atoms with Crippen LogP contribution in [0.3, 0.4) is 0 Å². The highest BCUT2D eigenvalue weighted by molar-refractivity contribution is 7.99. The van der Waals surface area contributed by atoms with Gasteiger partial charge in [0.05, 0.1) is 13.2 Å². The molecule has 0 fully saturated rings. The molecule has 0 saturated carbocycles. The van der Waals surface area contributed by atoms with Gasteiger partial charge in [0, 0.05) is 5.25 Å². The molecule has 0 spiro atoms. The fourth-order valence-electron chi connectivity index (χ4n) is 0.762. The molecule has 6 nitrogen and oxygen atoms in total. The van der Waals surface area contributed by atoms with Crippen molar-refractivity contribution >= 4 is 17.7 Å². The third-order valence-electron chi connectivity index (χ3n) is 1.76. The highest BCUT2D eigenvalue weighted by atomic mass is 32.2. The zero-order valence-corrected chi connectivity index (χ0v) is 9.65. The van der Waals surface area contributed by atoms with E-state index in [9.17, 15) is 5.11 Å². The minimum absolute atomic E-state index is 0.0171. The molecule has 0 amide bonds. The quantitative estimate of drug-likeness (QED) is 0.719. The van der Waals surface area contributed by atoms with E-state index in [1.165, 1.54) is 18.9 Å². The lowest BCUT2D eigenvalue weighted by atomic mass is 10.3. The summed E-state index contributed by atoms with van der Waals surface area (Å²) < 4.78 is 4.86. The summed E-state index contributed by atoms with van der Waals surface area (Å²) in [6, 6.07) is 0.183. The van der Waals surface area contributed by atoms with Crippen LogP contribution in [0.4, 0.5) is 5.95 Å².